The minimum absolute atomic E-state index is 0.501. The minimum Gasteiger partial charge on any atom is -0.382 e. The summed E-state index contributed by atoms with van der Waals surface area (Å²) in [4.78, 5) is 7.33. The standard InChI is InChI=1S/C18H38N4O2/c1-5-19-18(20-9-7-11-24-13-12-23-4)21-14-17(3)22-10-6-8-16(2)15-22/h16-17H,5-15H2,1-4H3,(H2,19,20,21). The summed E-state index contributed by atoms with van der Waals surface area (Å²) in [5.74, 6) is 1.72. The molecule has 0 aromatic carbocycles. The third-order valence-corrected chi connectivity index (χ3v) is 4.36. The molecule has 0 aromatic rings. The number of hydrogen-bond donors (Lipinski definition) is 2. The Balaban J connectivity index is 2.25. The number of nitrogens with zero attached hydrogens (tertiary/aromatic N) is 2. The molecule has 0 spiro atoms. The van der Waals surface area contributed by atoms with Crippen molar-refractivity contribution in [2.75, 3.05) is 59.7 Å². The molecule has 1 rings (SSSR count). The van der Waals surface area contributed by atoms with Crippen LogP contribution in [0.2, 0.25) is 0 Å². The molecule has 1 aliphatic rings. The molecule has 0 amide bonds. The third-order valence-electron chi connectivity index (χ3n) is 4.36. The number of piperidine rings is 1. The molecule has 6 heteroatoms. The highest BCUT2D eigenvalue weighted by atomic mass is 16.5. The topological polar surface area (TPSA) is 58.1 Å². The second kappa shape index (κ2) is 13.4. The predicted molar refractivity (Wildman–Crippen MR) is 101 cm³/mol. The first-order valence-electron chi connectivity index (χ1n) is 9.50. The summed E-state index contributed by atoms with van der Waals surface area (Å²) in [5.41, 5.74) is 0. The number of guanidine groups is 1. The molecule has 6 nitrogen and oxygen atoms in total. The second-order valence-electron chi connectivity index (χ2n) is 6.70. The van der Waals surface area contributed by atoms with Crippen LogP contribution in [0.25, 0.3) is 0 Å². The van der Waals surface area contributed by atoms with E-state index in [4.69, 9.17) is 14.5 Å². The molecule has 1 fully saturated rings. The maximum atomic E-state index is 5.47. The lowest BCUT2D eigenvalue weighted by Gasteiger charge is -2.35. The van der Waals surface area contributed by atoms with Gasteiger partial charge in [-0.05, 0) is 45.6 Å². The Hall–Kier alpha value is -0.850. The van der Waals surface area contributed by atoms with E-state index in [1.807, 2.05) is 0 Å². The van der Waals surface area contributed by atoms with Crippen LogP contribution in [0, 0.1) is 5.92 Å². The second-order valence-corrected chi connectivity index (χ2v) is 6.70. The van der Waals surface area contributed by atoms with Gasteiger partial charge < -0.3 is 20.1 Å². The molecule has 24 heavy (non-hydrogen) atoms. The SMILES string of the molecule is CCNC(=NCC(C)N1CCCC(C)C1)NCCCOCCOC. The summed E-state index contributed by atoms with van der Waals surface area (Å²) in [5, 5.41) is 6.71. The van der Waals surface area contributed by atoms with Crippen LogP contribution >= 0.6 is 0 Å². The Morgan fingerprint density at radius 2 is 2.12 bits per heavy atom. The van der Waals surface area contributed by atoms with E-state index in [0.29, 0.717) is 19.3 Å². The largest absolute Gasteiger partial charge is 0.382 e. The van der Waals surface area contributed by atoms with Crippen LogP contribution in [0.5, 0.6) is 0 Å². The van der Waals surface area contributed by atoms with E-state index in [0.717, 1.165) is 44.5 Å². The zero-order chi connectivity index (χ0) is 17.6. The van der Waals surface area contributed by atoms with Crippen LogP contribution < -0.4 is 10.6 Å². The number of rotatable bonds is 11. The van der Waals surface area contributed by atoms with Crippen LogP contribution in [0.1, 0.15) is 40.0 Å². The van der Waals surface area contributed by atoms with Gasteiger partial charge in [0.05, 0.1) is 19.8 Å². The summed E-state index contributed by atoms with van der Waals surface area (Å²) in [6, 6.07) is 0.501. The zero-order valence-corrected chi connectivity index (χ0v) is 16.1. The van der Waals surface area contributed by atoms with Gasteiger partial charge in [0.15, 0.2) is 5.96 Å². The minimum atomic E-state index is 0.501. The monoisotopic (exact) mass is 342 g/mol. The number of hydrogen-bond acceptors (Lipinski definition) is 4. The van der Waals surface area contributed by atoms with Crippen molar-refractivity contribution in [2.45, 2.75) is 46.1 Å². The van der Waals surface area contributed by atoms with Gasteiger partial charge in [-0.1, -0.05) is 6.92 Å². The fourth-order valence-electron chi connectivity index (χ4n) is 2.93. The molecule has 2 unspecified atom stereocenters. The van der Waals surface area contributed by atoms with E-state index in [9.17, 15) is 0 Å². The molecule has 142 valence electrons. The Bertz CT molecular complexity index is 339. The molecule has 0 aromatic heterocycles. The Morgan fingerprint density at radius 1 is 1.29 bits per heavy atom. The first-order valence-corrected chi connectivity index (χ1v) is 9.50. The summed E-state index contributed by atoms with van der Waals surface area (Å²) in [7, 11) is 1.69. The number of methoxy groups -OCH3 is 1. The first-order chi connectivity index (χ1) is 11.7. The molecular weight excluding hydrogens is 304 g/mol. The molecule has 2 atom stereocenters. The number of likely N-dealkylation sites (tertiary alicyclic amines) is 1. The van der Waals surface area contributed by atoms with Gasteiger partial charge in [0.2, 0.25) is 0 Å². The predicted octanol–water partition coefficient (Wildman–Crippen LogP) is 1.72. The average Bonchev–Trinajstić information content (AvgIpc) is 2.58. The van der Waals surface area contributed by atoms with Gasteiger partial charge >= 0.3 is 0 Å². The highest BCUT2D eigenvalue weighted by molar-refractivity contribution is 5.79. The van der Waals surface area contributed by atoms with Crippen molar-refractivity contribution in [3.05, 3.63) is 0 Å². The molecular formula is C18H38N4O2. The van der Waals surface area contributed by atoms with E-state index in [2.05, 4.69) is 36.3 Å². The normalized spacial score (nSPS) is 20.8. The van der Waals surface area contributed by atoms with Gasteiger partial charge in [-0.3, -0.25) is 9.89 Å². The lowest BCUT2D eigenvalue weighted by Crippen LogP contribution is -2.43. The highest BCUT2D eigenvalue weighted by Crippen LogP contribution is 2.17. The first kappa shape index (κ1) is 21.2. The molecule has 0 radical (unpaired) electrons. The number of ether oxygens (including phenoxy) is 2. The number of nitrogens with one attached hydrogen (secondary N) is 2. The van der Waals surface area contributed by atoms with Gasteiger partial charge in [-0.15, -0.1) is 0 Å². The lowest BCUT2D eigenvalue weighted by molar-refractivity contribution is 0.0698. The average molecular weight is 343 g/mol. The third kappa shape index (κ3) is 9.45. The Morgan fingerprint density at radius 3 is 2.83 bits per heavy atom. The summed E-state index contributed by atoms with van der Waals surface area (Å²) in [6.45, 7) is 13.8. The molecule has 1 aliphatic heterocycles. The lowest BCUT2D eigenvalue weighted by atomic mass is 9.99. The van der Waals surface area contributed by atoms with Gasteiger partial charge in [-0.2, -0.15) is 0 Å². The van der Waals surface area contributed by atoms with E-state index < -0.39 is 0 Å². The zero-order valence-electron chi connectivity index (χ0n) is 16.1. The quantitative estimate of drug-likeness (QED) is 0.340. The van der Waals surface area contributed by atoms with Crippen LogP contribution in [0.4, 0.5) is 0 Å². The van der Waals surface area contributed by atoms with Gasteiger partial charge in [0, 0.05) is 39.4 Å². The molecule has 2 N–H and O–H groups in total. The van der Waals surface area contributed by atoms with Gasteiger partial charge in [-0.25, -0.2) is 0 Å². The smallest absolute Gasteiger partial charge is 0.191 e. The van der Waals surface area contributed by atoms with Crippen LogP contribution in [0.3, 0.4) is 0 Å². The van der Waals surface area contributed by atoms with E-state index >= 15 is 0 Å². The Labute approximate surface area is 148 Å². The molecule has 0 aliphatic carbocycles. The number of aliphatic imine (C=N–C) groups is 1. The van der Waals surface area contributed by atoms with E-state index in [1.165, 1.54) is 25.9 Å². The fourth-order valence-corrected chi connectivity index (χ4v) is 2.93. The van der Waals surface area contributed by atoms with Crippen LogP contribution in [-0.4, -0.2) is 76.6 Å². The van der Waals surface area contributed by atoms with Crippen molar-refractivity contribution < 1.29 is 9.47 Å². The van der Waals surface area contributed by atoms with Crippen molar-refractivity contribution in [3.63, 3.8) is 0 Å². The maximum absolute atomic E-state index is 5.47. The van der Waals surface area contributed by atoms with Gasteiger partial charge in [0.25, 0.3) is 0 Å². The highest BCUT2D eigenvalue weighted by Gasteiger charge is 2.20. The summed E-state index contributed by atoms with van der Waals surface area (Å²) < 4.78 is 10.4. The molecule has 1 saturated heterocycles. The van der Waals surface area contributed by atoms with Crippen LogP contribution in [-0.2, 0) is 9.47 Å². The van der Waals surface area contributed by atoms with E-state index in [-0.39, 0.29) is 0 Å². The molecule has 0 saturated carbocycles. The van der Waals surface area contributed by atoms with Crippen molar-refractivity contribution in [1.82, 2.24) is 15.5 Å². The van der Waals surface area contributed by atoms with Gasteiger partial charge in [0.1, 0.15) is 0 Å². The van der Waals surface area contributed by atoms with Crippen molar-refractivity contribution in [1.29, 1.82) is 0 Å². The van der Waals surface area contributed by atoms with Crippen molar-refractivity contribution in [2.24, 2.45) is 10.9 Å². The maximum Gasteiger partial charge on any atom is 0.191 e. The van der Waals surface area contributed by atoms with Crippen LogP contribution in [0.15, 0.2) is 4.99 Å². The molecule has 1 heterocycles. The molecule has 0 bridgehead atoms. The Kier molecular flexibility index (Phi) is 11.9. The van der Waals surface area contributed by atoms with E-state index in [1.54, 1.807) is 7.11 Å². The fraction of sp³-hybridized carbons (Fsp3) is 0.944. The van der Waals surface area contributed by atoms with Crippen molar-refractivity contribution in [3.8, 4) is 0 Å². The summed E-state index contributed by atoms with van der Waals surface area (Å²) in [6.07, 6.45) is 3.65. The summed E-state index contributed by atoms with van der Waals surface area (Å²) >= 11 is 0. The van der Waals surface area contributed by atoms with Crippen molar-refractivity contribution >= 4 is 5.96 Å².